The van der Waals surface area contributed by atoms with Crippen LogP contribution in [-0.4, -0.2) is 25.6 Å². The second-order valence-electron chi connectivity index (χ2n) is 3.63. The van der Waals surface area contributed by atoms with E-state index in [0.29, 0.717) is 6.54 Å². The first kappa shape index (κ1) is 11.8. The molecule has 0 fully saturated rings. The zero-order valence-corrected chi connectivity index (χ0v) is 10.7. The fraction of sp³-hybridized carbons (Fsp3) is 0.182. The molecular weight excluding hydrogens is 286 g/mol. The van der Waals surface area contributed by atoms with E-state index in [2.05, 4.69) is 25.9 Å². The van der Waals surface area contributed by atoms with Gasteiger partial charge in [-0.05, 0) is 28.9 Å². The van der Waals surface area contributed by atoms with Gasteiger partial charge in [0.25, 0.3) is 0 Å². The van der Waals surface area contributed by atoms with Gasteiger partial charge in [0.05, 0.1) is 24.1 Å². The lowest BCUT2D eigenvalue weighted by molar-refractivity contribution is 0.0685. The van der Waals surface area contributed by atoms with Crippen molar-refractivity contribution in [2.75, 3.05) is 0 Å². The van der Waals surface area contributed by atoms with Crippen molar-refractivity contribution in [1.29, 1.82) is 0 Å². The van der Waals surface area contributed by atoms with Crippen molar-refractivity contribution in [1.82, 2.24) is 14.5 Å². The van der Waals surface area contributed by atoms with Crippen LogP contribution in [0.5, 0.6) is 0 Å². The molecule has 0 saturated heterocycles. The number of hydrogen-bond donors (Lipinski definition) is 1. The number of aryl methyl sites for hydroxylation is 1. The molecule has 0 atom stereocenters. The Labute approximate surface area is 106 Å². The van der Waals surface area contributed by atoms with E-state index in [1.165, 1.54) is 0 Å². The molecule has 17 heavy (non-hydrogen) atoms. The second kappa shape index (κ2) is 4.67. The minimum absolute atomic E-state index is 0.222. The van der Waals surface area contributed by atoms with Crippen molar-refractivity contribution in [3.63, 3.8) is 0 Å². The summed E-state index contributed by atoms with van der Waals surface area (Å²) in [5.74, 6) is -0.962. The van der Waals surface area contributed by atoms with E-state index in [9.17, 15) is 4.79 Å². The highest BCUT2D eigenvalue weighted by Crippen LogP contribution is 2.16. The van der Waals surface area contributed by atoms with Crippen LogP contribution in [-0.2, 0) is 6.54 Å². The van der Waals surface area contributed by atoms with E-state index in [1.54, 1.807) is 29.2 Å². The van der Waals surface area contributed by atoms with Crippen LogP contribution in [0.4, 0.5) is 0 Å². The summed E-state index contributed by atoms with van der Waals surface area (Å²) in [6.07, 6.45) is 5.02. The van der Waals surface area contributed by atoms with E-state index < -0.39 is 5.97 Å². The molecule has 0 aliphatic heterocycles. The topological polar surface area (TPSA) is 68.0 Å². The van der Waals surface area contributed by atoms with Crippen molar-refractivity contribution < 1.29 is 9.90 Å². The Morgan fingerprint density at radius 1 is 1.47 bits per heavy atom. The zero-order chi connectivity index (χ0) is 12.4. The molecular formula is C11H10BrN3O2. The molecule has 0 spiro atoms. The van der Waals surface area contributed by atoms with Crippen LogP contribution in [0.15, 0.2) is 29.1 Å². The number of hydrogen-bond acceptors (Lipinski definition) is 3. The Balaban J connectivity index is 2.29. The maximum atomic E-state index is 11.0. The average Bonchev–Trinajstić information content (AvgIpc) is 2.63. The first-order valence-electron chi connectivity index (χ1n) is 4.93. The van der Waals surface area contributed by atoms with Crippen LogP contribution in [0, 0.1) is 6.92 Å². The molecule has 0 radical (unpaired) electrons. The Hall–Kier alpha value is -1.69. The molecule has 2 aromatic rings. The minimum Gasteiger partial charge on any atom is -0.477 e. The van der Waals surface area contributed by atoms with Crippen molar-refractivity contribution >= 4 is 21.9 Å². The van der Waals surface area contributed by atoms with Crippen molar-refractivity contribution in [2.24, 2.45) is 0 Å². The van der Waals surface area contributed by atoms with Gasteiger partial charge in [0.15, 0.2) is 0 Å². The number of carbonyl (C=O) groups is 1. The molecule has 6 heteroatoms. The van der Waals surface area contributed by atoms with Crippen molar-refractivity contribution in [3.05, 3.63) is 46.2 Å². The quantitative estimate of drug-likeness (QED) is 0.941. The summed E-state index contributed by atoms with van der Waals surface area (Å²) in [6.45, 7) is 2.24. The van der Waals surface area contributed by atoms with E-state index in [1.807, 2.05) is 6.92 Å². The summed E-state index contributed by atoms with van der Waals surface area (Å²) in [6, 6.07) is 1.56. The Kier molecular flexibility index (Phi) is 3.23. The summed E-state index contributed by atoms with van der Waals surface area (Å²) in [4.78, 5) is 19.3. The maximum Gasteiger partial charge on any atom is 0.352 e. The van der Waals surface area contributed by atoms with Crippen LogP contribution >= 0.6 is 15.9 Å². The largest absolute Gasteiger partial charge is 0.477 e. The fourth-order valence-corrected chi connectivity index (χ4v) is 1.92. The smallest absolute Gasteiger partial charge is 0.352 e. The van der Waals surface area contributed by atoms with Crippen molar-refractivity contribution in [2.45, 2.75) is 13.5 Å². The van der Waals surface area contributed by atoms with Gasteiger partial charge in [0.1, 0.15) is 5.69 Å². The standard InChI is InChI=1S/C11H10BrN3O2/c1-7-3-14-9(4-13-7)6-15-5-8(12)2-10(15)11(16)17/h2-5H,6H2,1H3,(H,16,17). The summed E-state index contributed by atoms with van der Waals surface area (Å²) in [5, 5.41) is 9.02. The van der Waals surface area contributed by atoms with Crippen LogP contribution in [0.2, 0.25) is 0 Å². The molecule has 0 saturated carbocycles. The van der Waals surface area contributed by atoms with Crippen LogP contribution in [0.1, 0.15) is 21.9 Å². The molecule has 5 nitrogen and oxygen atoms in total. The number of carboxylic acid groups (broad SMARTS) is 1. The molecule has 2 aromatic heterocycles. The van der Waals surface area contributed by atoms with Crippen LogP contribution in [0.3, 0.4) is 0 Å². The Bertz CT molecular complexity index is 548. The predicted octanol–water partition coefficient (Wildman–Crippen LogP) is 2.10. The SMILES string of the molecule is Cc1cnc(Cn2cc(Br)cc2C(=O)O)cn1. The molecule has 1 N–H and O–H groups in total. The highest BCUT2D eigenvalue weighted by atomic mass is 79.9. The normalized spacial score (nSPS) is 10.5. The van der Waals surface area contributed by atoms with E-state index in [-0.39, 0.29) is 5.69 Å². The average molecular weight is 296 g/mol. The first-order chi connectivity index (χ1) is 8.06. The molecule has 88 valence electrons. The lowest BCUT2D eigenvalue weighted by atomic mass is 10.4. The lowest BCUT2D eigenvalue weighted by Gasteiger charge is -2.05. The van der Waals surface area contributed by atoms with E-state index >= 15 is 0 Å². The number of aromatic nitrogens is 3. The number of halogens is 1. The first-order valence-corrected chi connectivity index (χ1v) is 5.72. The van der Waals surface area contributed by atoms with Gasteiger partial charge in [-0.15, -0.1) is 0 Å². The summed E-state index contributed by atoms with van der Waals surface area (Å²) in [7, 11) is 0. The highest BCUT2D eigenvalue weighted by molar-refractivity contribution is 9.10. The van der Waals surface area contributed by atoms with Gasteiger partial charge in [-0.2, -0.15) is 0 Å². The Morgan fingerprint density at radius 3 is 2.82 bits per heavy atom. The summed E-state index contributed by atoms with van der Waals surface area (Å²) in [5.41, 5.74) is 1.78. The maximum absolute atomic E-state index is 11.0. The molecule has 0 aliphatic rings. The minimum atomic E-state index is -0.962. The molecule has 0 aromatic carbocycles. The molecule has 0 aliphatic carbocycles. The van der Waals surface area contributed by atoms with Gasteiger partial charge in [-0.1, -0.05) is 0 Å². The number of carboxylic acids is 1. The van der Waals surface area contributed by atoms with Gasteiger partial charge in [-0.3, -0.25) is 9.97 Å². The van der Waals surface area contributed by atoms with Crippen LogP contribution < -0.4 is 0 Å². The second-order valence-corrected chi connectivity index (χ2v) is 4.54. The Morgan fingerprint density at radius 2 is 2.24 bits per heavy atom. The van der Waals surface area contributed by atoms with Gasteiger partial charge in [0, 0.05) is 16.9 Å². The predicted molar refractivity (Wildman–Crippen MR) is 65.0 cm³/mol. The lowest BCUT2D eigenvalue weighted by Crippen LogP contribution is -2.09. The highest BCUT2D eigenvalue weighted by Gasteiger charge is 2.12. The van der Waals surface area contributed by atoms with Crippen molar-refractivity contribution in [3.8, 4) is 0 Å². The van der Waals surface area contributed by atoms with E-state index in [0.717, 1.165) is 15.9 Å². The molecule has 0 amide bonds. The third-order valence-electron chi connectivity index (χ3n) is 2.25. The number of nitrogens with zero attached hydrogens (tertiary/aromatic N) is 3. The summed E-state index contributed by atoms with van der Waals surface area (Å²) < 4.78 is 2.35. The van der Waals surface area contributed by atoms with Gasteiger partial charge in [0.2, 0.25) is 0 Å². The van der Waals surface area contributed by atoms with E-state index in [4.69, 9.17) is 5.11 Å². The molecule has 0 unspecified atom stereocenters. The van der Waals surface area contributed by atoms with Crippen LogP contribution in [0.25, 0.3) is 0 Å². The molecule has 0 bridgehead atoms. The third-order valence-corrected chi connectivity index (χ3v) is 2.68. The van der Waals surface area contributed by atoms with Gasteiger partial charge in [-0.25, -0.2) is 4.79 Å². The van der Waals surface area contributed by atoms with Gasteiger partial charge < -0.3 is 9.67 Å². The third kappa shape index (κ3) is 2.71. The monoisotopic (exact) mass is 295 g/mol. The van der Waals surface area contributed by atoms with Gasteiger partial charge >= 0.3 is 5.97 Å². The molecule has 2 rings (SSSR count). The number of rotatable bonds is 3. The summed E-state index contributed by atoms with van der Waals surface area (Å²) >= 11 is 3.26. The fourth-order valence-electron chi connectivity index (χ4n) is 1.46. The number of aromatic carboxylic acids is 1. The molecule has 2 heterocycles. The zero-order valence-electron chi connectivity index (χ0n) is 9.09.